The number of nitrogen functional groups attached to an aromatic ring is 1. The zero-order valence-corrected chi connectivity index (χ0v) is 15.0. The highest BCUT2D eigenvalue weighted by molar-refractivity contribution is 7.13. The Morgan fingerprint density at radius 3 is 2.92 bits per heavy atom. The Kier molecular flexibility index (Phi) is 4.62. The molecule has 7 heteroatoms. The second kappa shape index (κ2) is 7.21. The standard InChI is InChI=1S/C19H19N5OS/c20-17-15(9-21-11-22-17)19-24-16(10-26-19)13-6-3-7-14(8-13)23-18(25)12-4-1-2-5-12/h3,6-12H,1-2,4-5H2,(H,23,25)(H2,20,21,22). The minimum Gasteiger partial charge on any atom is -0.383 e. The smallest absolute Gasteiger partial charge is 0.227 e. The van der Waals surface area contributed by atoms with E-state index in [2.05, 4.69) is 20.3 Å². The van der Waals surface area contributed by atoms with E-state index in [4.69, 9.17) is 5.73 Å². The number of hydrogen-bond donors (Lipinski definition) is 2. The van der Waals surface area contributed by atoms with Gasteiger partial charge in [-0.15, -0.1) is 11.3 Å². The Balaban J connectivity index is 1.55. The number of amides is 1. The molecule has 26 heavy (non-hydrogen) atoms. The van der Waals surface area contributed by atoms with E-state index in [1.54, 1.807) is 6.20 Å². The van der Waals surface area contributed by atoms with Gasteiger partial charge in [-0.3, -0.25) is 4.79 Å². The summed E-state index contributed by atoms with van der Waals surface area (Å²) in [6.07, 6.45) is 7.36. The topological polar surface area (TPSA) is 93.8 Å². The summed E-state index contributed by atoms with van der Waals surface area (Å²) in [6.45, 7) is 0. The van der Waals surface area contributed by atoms with Crippen LogP contribution in [0, 0.1) is 5.92 Å². The summed E-state index contributed by atoms with van der Waals surface area (Å²) >= 11 is 1.49. The fraction of sp³-hybridized carbons (Fsp3) is 0.263. The molecule has 2 heterocycles. The zero-order valence-electron chi connectivity index (χ0n) is 14.2. The van der Waals surface area contributed by atoms with E-state index >= 15 is 0 Å². The lowest BCUT2D eigenvalue weighted by Gasteiger charge is -2.11. The molecule has 0 radical (unpaired) electrons. The van der Waals surface area contributed by atoms with Crippen molar-refractivity contribution in [2.45, 2.75) is 25.7 Å². The molecule has 6 nitrogen and oxygen atoms in total. The molecular formula is C19H19N5OS. The molecule has 3 aromatic rings. The number of anilines is 2. The van der Waals surface area contributed by atoms with Crippen molar-refractivity contribution >= 4 is 28.7 Å². The Morgan fingerprint density at radius 1 is 1.27 bits per heavy atom. The van der Waals surface area contributed by atoms with Gasteiger partial charge < -0.3 is 11.1 Å². The van der Waals surface area contributed by atoms with Crippen LogP contribution in [0.25, 0.3) is 21.8 Å². The number of aromatic nitrogens is 3. The fourth-order valence-corrected chi connectivity index (χ4v) is 4.07. The molecule has 1 amide bonds. The summed E-state index contributed by atoms with van der Waals surface area (Å²) in [5, 5.41) is 5.79. The molecule has 3 N–H and O–H groups in total. The van der Waals surface area contributed by atoms with E-state index in [1.807, 2.05) is 29.6 Å². The average molecular weight is 365 g/mol. The van der Waals surface area contributed by atoms with Gasteiger partial charge in [0.2, 0.25) is 5.91 Å². The summed E-state index contributed by atoms with van der Waals surface area (Å²) in [5.74, 6) is 0.678. The molecule has 0 saturated heterocycles. The molecule has 1 saturated carbocycles. The van der Waals surface area contributed by atoms with Gasteiger partial charge in [0.15, 0.2) is 0 Å². The van der Waals surface area contributed by atoms with Gasteiger partial charge in [-0.25, -0.2) is 15.0 Å². The van der Waals surface area contributed by atoms with E-state index < -0.39 is 0 Å². The first-order chi connectivity index (χ1) is 12.7. The largest absolute Gasteiger partial charge is 0.383 e. The van der Waals surface area contributed by atoms with Crippen LogP contribution in [0.1, 0.15) is 25.7 Å². The molecule has 2 aromatic heterocycles. The normalized spacial score (nSPS) is 14.5. The maximum absolute atomic E-state index is 12.3. The summed E-state index contributed by atoms with van der Waals surface area (Å²) in [5.41, 5.74) is 9.23. The van der Waals surface area contributed by atoms with Gasteiger partial charge in [-0.05, 0) is 25.0 Å². The molecule has 0 bridgehead atoms. The summed E-state index contributed by atoms with van der Waals surface area (Å²) < 4.78 is 0. The number of nitrogens with zero attached hydrogens (tertiary/aromatic N) is 3. The molecule has 0 aliphatic heterocycles. The van der Waals surface area contributed by atoms with Crippen LogP contribution >= 0.6 is 11.3 Å². The summed E-state index contributed by atoms with van der Waals surface area (Å²) in [7, 11) is 0. The van der Waals surface area contributed by atoms with Crippen LogP contribution in [0.15, 0.2) is 42.2 Å². The Bertz CT molecular complexity index is 933. The zero-order chi connectivity index (χ0) is 17.9. The molecule has 0 atom stereocenters. The number of rotatable bonds is 4. The number of nitrogens with one attached hydrogen (secondary N) is 1. The Hall–Kier alpha value is -2.80. The number of nitrogens with two attached hydrogens (primary N) is 1. The Labute approximate surface area is 155 Å². The van der Waals surface area contributed by atoms with Gasteiger partial charge in [-0.1, -0.05) is 25.0 Å². The van der Waals surface area contributed by atoms with Gasteiger partial charge in [0.05, 0.1) is 11.3 Å². The van der Waals surface area contributed by atoms with Gasteiger partial charge in [-0.2, -0.15) is 0 Å². The number of carbonyl (C=O) groups is 1. The monoisotopic (exact) mass is 365 g/mol. The van der Waals surface area contributed by atoms with Gasteiger partial charge in [0, 0.05) is 28.7 Å². The summed E-state index contributed by atoms with van der Waals surface area (Å²) in [6, 6.07) is 7.77. The molecule has 4 rings (SSSR count). The number of carbonyl (C=O) groups excluding carboxylic acids is 1. The first-order valence-corrected chi connectivity index (χ1v) is 9.51. The lowest BCUT2D eigenvalue weighted by Crippen LogP contribution is -2.20. The third-order valence-electron chi connectivity index (χ3n) is 4.63. The first-order valence-electron chi connectivity index (χ1n) is 8.63. The van der Waals surface area contributed by atoms with Crippen LogP contribution in [0.5, 0.6) is 0 Å². The molecule has 0 spiro atoms. The van der Waals surface area contributed by atoms with E-state index in [0.29, 0.717) is 5.82 Å². The maximum atomic E-state index is 12.3. The second-order valence-electron chi connectivity index (χ2n) is 6.41. The summed E-state index contributed by atoms with van der Waals surface area (Å²) in [4.78, 5) is 25.0. The van der Waals surface area contributed by atoms with Crippen LogP contribution < -0.4 is 11.1 Å². The fourth-order valence-electron chi connectivity index (χ4n) is 3.22. The van der Waals surface area contributed by atoms with E-state index in [-0.39, 0.29) is 11.8 Å². The molecule has 1 fully saturated rings. The van der Waals surface area contributed by atoms with Crippen molar-refractivity contribution in [3.8, 4) is 21.8 Å². The number of benzene rings is 1. The molecular weight excluding hydrogens is 346 g/mol. The van der Waals surface area contributed by atoms with Crippen LogP contribution in [0.3, 0.4) is 0 Å². The SMILES string of the molecule is Nc1ncncc1-c1nc(-c2cccc(NC(=O)C3CCCC3)c2)cs1. The van der Waals surface area contributed by atoms with Crippen molar-refractivity contribution in [3.05, 3.63) is 42.2 Å². The van der Waals surface area contributed by atoms with Gasteiger partial charge in [0.25, 0.3) is 0 Å². The lowest BCUT2D eigenvalue weighted by molar-refractivity contribution is -0.119. The predicted octanol–water partition coefficient (Wildman–Crippen LogP) is 3.98. The van der Waals surface area contributed by atoms with Gasteiger partial charge >= 0.3 is 0 Å². The lowest BCUT2D eigenvalue weighted by atomic mass is 10.1. The molecule has 132 valence electrons. The van der Waals surface area contributed by atoms with Crippen LogP contribution in [-0.4, -0.2) is 20.9 Å². The van der Waals surface area contributed by atoms with Gasteiger partial charge in [0.1, 0.15) is 17.2 Å². The highest BCUT2D eigenvalue weighted by Crippen LogP contribution is 2.32. The van der Waals surface area contributed by atoms with E-state index in [1.165, 1.54) is 17.7 Å². The predicted molar refractivity (Wildman–Crippen MR) is 104 cm³/mol. The van der Waals surface area contributed by atoms with Crippen molar-refractivity contribution in [3.63, 3.8) is 0 Å². The third-order valence-corrected chi connectivity index (χ3v) is 5.51. The number of hydrogen-bond acceptors (Lipinski definition) is 6. The molecule has 1 aliphatic carbocycles. The third kappa shape index (κ3) is 3.43. The van der Waals surface area contributed by atoms with Crippen LogP contribution in [0.4, 0.5) is 11.5 Å². The van der Waals surface area contributed by atoms with Crippen molar-refractivity contribution in [1.29, 1.82) is 0 Å². The number of thiazole rings is 1. The average Bonchev–Trinajstić information content (AvgIpc) is 3.35. The molecule has 1 aliphatic rings. The molecule has 0 unspecified atom stereocenters. The highest BCUT2D eigenvalue weighted by Gasteiger charge is 2.22. The second-order valence-corrected chi connectivity index (χ2v) is 7.27. The van der Waals surface area contributed by atoms with E-state index in [0.717, 1.165) is 53.2 Å². The van der Waals surface area contributed by atoms with Crippen LogP contribution in [0.2, 0.25) is 0 Å². The minimum absolute atomic E-state index is 0.118. The Morgan fingerprint density at radius 2 is 2.12 bits per heavy atom. The maximum Gasteiger partial charge on any atom is 0.227 e. The van der Waals surface area contributed by atoms with Crippen molar-refractivity contribution in [2.75, 3.05) is 11.1 Å². The minimum atomic E-state index is 0.118. The first kappa shape index (κ1) is 16.7. The quantitative estimate of drug-likeness (QED) is 0.729. The van der Waals surface area contributed by atoms with Crippen LogP contribution in [-0.2, 0) is 4.79 Å². The molecule has 1 aromatic carbocycles. The van der Waals surface area contributed by atoms with Crippen molar-refractivity contribution in [2.24, 2.45) is 5.92 Å². The highest BCUT2D eigenvalue weighted by atomic mass is 32.1. The van der Waals surface area contributed by atoms with Crippen molar-refractivity contribution < 1.29 is 4.79 Å². The van der Waals surface area contributed by atoms with Crippen molar-refractivity contribution in [1.82, 2.24) is 15.0 Å². The van der Waals surface area contributed by atoms with E-state index in [9.17, 15) is 4.79 Å².